The maximum absolute atomic E-state index is 5.77. The molecule has 0 atom stereocenters. The number of hydrogen-bond donors (Lipinski definition) is 1. The van der Waals surface area contributed by atoms with Crippen LogP contribution in [0.5, 0.6) is 0 Å². The smallest absolute Gasteiger partial charge is 0.167 e. The minimum atomic E-state index is 0.686. The molecule has 0 unspecified atom stereocenters. The van der Waals surface area contributed by atoms with E-state index < -0.39 is 0 Å². The standard InChI is InChI=1S/C8H4BrN3S.CHNS/c9-6-1-2-7-10-3-8(11-5-13)12(7)4-6;2-1-3/h1-4H;2H. The Balaban J connectivity index is 0.000000386. The van der Waals surface area contributed by atoms with Crippen molar-refractivity contribution < 1.29 is 0 Å². The van der Waals surface area contributed by atoms with Gasteiger partial charge in [0.1, 0.15) is 5.65 Å². The highest BCUT2D eigenvalue weighted by atomic mass is 79.9. The van der Waals surface area contributed by atoms with E-state index in [1.165, 1.54) is 0 Å². The van der Waals surface area contributed by atoms with Crippen molar-refractivity contribution >= 4 is 62.2 Å². The number of nitrogens with zero attached hydrogens (tertiary/aromatic N) is 3. The second kappa shape index (κ2) is 6.37. The van der Waals surface area contributed by atoms with Gasteiger partial charge < -0.3 is 0 Å². The van der Waals surface area contributed by atoms with Gasteiger partial charge >= 0.3 is 0 Å². The molecule has 0 radical (unpaired) electrons. The van der Waals surface area contributed by atoms with E-state index in [1.54, 1.807) is 11.4 Å². The van der Waals surface area contributed by atoms with Crippen molar-refractivity contribution in [2.75, 3.05) is 0 Å². The highest BCUT2D eigenvalue weighted by Gasteiger charge is 2.00. The lowest BCUT2D eigenvalue weighted by molar-refractivity contribution is 1.16. The van der Waals surface area contributed by atoms with Crippen molar-refractivity contribution in [1.29, 1.82) is 5.41 Å². The summed E-state index contributed by atoms with van der Waals surface area (Å²) in [5.74, 6) is 0.686. The molecule has 0 aliphatic heterocycles. The number of rotatable bonds is 1. The van der Waals surface area contributed by atoms with Gasteiger partial charge in [0.2, 0.25) is 0 Å². The lowest BCUT2D eigenvalue weighted by atomic mass is 10.5. The first-order valence-corrected chi connectivity index (χ1v) is 5.58. The van der Waals surface area contributed by atoms with Crippen molar-refractivity contribution in [1.82, 2.24) is 9.38 Å². The maximum atomic E-state index is 5.77. The molecule has 16 heavy (non-hydrogen) atoms. The Morgan fingerprint density at radius 3 is 2.75 bits per heavy atom. The lowest BCUT2D eigenvalue weighted by Crippen LogP contribution is -1.82. The van der Waals surface area contributed by atoms with Crippen molar-refractivity contribution in [3.05, 3.63) is 29.0 Å². The molecule has 0 aromatic carbocycles. The van der Waals surface area contributed by atoms with E-state index >= 15 is 0 Å². The Labute approximate surface area is 111 Å². The topological polar surface area (TPSA) is 53.5 Å². The molecule has 2 aromatic rings. The summed E-state index contributed by atoms with van der Waals surface area (Å²) in [6, 6.07) is 3.82. The average molecular weight is 313 g/mol. The van der Waals surface area contributed by atoms with E-state index in [4.69, 9.17) is 5.41 Å². The third kappa shape index (κ3) is 3.13. The third-order valence-electron chi connectivity index (χ3n) is 1.61. The molecule has 2 aromatic heterocycles. The molecule has 0 aliphatic rings. The first-order valence-electron chi connectivity index (χ1n) is 3.97. The summed E-state index contributed by atoms with van der Waals surface area (Å²) >= 11 is 11.7. The van der Waals surface area contributed by atoms with E-state index in [0.717, 1.165) is 10.1 Å². The van der Waals surface area contributed by atoms with Crippen molar-refractivity contribution in [3.63, 3.8) is 0 Å². The molecular formula is C9H5BrN4S2. The third-order valence-corrected chi connectivity index (χ3v) is 2.17. The summed E-state index contributed by atoms with van der Waals surface area (Å²) < 4.78 is 2.81. The highest BCUT2D eigenvalue weighted by molar-refractivity contribution is 9.10. The van der Waals surface area contributed by atoms with E-state index in [2.05, 4.69) is 55.5 Å². The van der Waals surface area contributed by atoms with Crippen molar-refractivity contribution in [3.8, 4) is 0 Å². The first kappa shape index (κ1) is 12.8. The number of fused-ring (bicyclic) bond motifs is 1. The van der Waals surface area contributed by atoms with Gasteiger partial charge in [0.15, 0.2) is 5.82 Å². The Hall–Kier alpha value is -1.23. The molecule has 7 heteroatoms. The number of hydrogen-bond acceptors (Lipinski definition) is 5. The number of halogens is 1. The molecule has 2 rings (SSSR count). The van der Waals surface area contributed by atoms with Crippen LogP contribution in [0.4, 0.5) is 5.82 Å². The van der Waals surface area contributed by atoms with Crippen molar-refractivity contribution in [2.45, 2.75) is 0 Å². The number of thiocarbonyl (C=S) groups is 2. The van der Waals surface area contributed by atoms with Crippen molar-refractivity contribution in [2.24, 2.45) is 4.99 Å². The van der Waals surface area contributed by atoms with Gasteiger partial charge in [-0.15, -0.1) is 0 Å². The van der Waals surface area contributed by atoms with Crippen LogP contribution in [0.25, 0.3) is 5.65 Å². The van der Waals surface area contributed by atoms with Gasteiger partial charge in [-0.05, 0) is 52.5 Å². The molecule has 0 saturated carbocycles. The van der Waals surface area contributed by atoms with Gasteiger partial charge in [-0.3, -0.25) is 4.40 Å². The summed E-state index contributed by atoms with van der Waals surface area (Å²) in [4.78, 5) is 8.02. The van der Waals surface area contributed by atoms with Crippen LogP contribution in [0.15, 0.2) is 34.0 Å². The van der Waals surface area contributed by atoms with E-state index in [9.17, 15) is 0 Å². The molecular weight excluding hydrogens is 308 g/mol. The van der Waals surface area contributed by atoms with Crippen LogP contribution in [0.3, 0.4) is 0 Å². The monoisotopic (exact) mass is 312 g/mol. The second-order valence-corrected chi connectivity index (χ2v) is 3.80. The average Bonchev–Trinajstić information content (AvgIpc) is 2.63. The Bertz CT molecular complexity index is 580. The first-order chi connectivity index (χ1) is 7.72. The highest BCUT2D eigenvalue weighted by Crippen LogP contribution is 2.17. The minimum absolute atomic E-state index is 0.686. The fourth-order valence-electron chi connectivity index (χ4n) is 1.07. The minimum Gasteiger partial charge on any atom is -0.283 e. The van der Waals surface area contributed by atoms with Gasteiger partial charge in [0, 0.05) is 10.7 Å². The zero-order valence-corrected chi connectivity index (χ0v) is 11.1. The predicted molar refractivity (Wildman–Crippen MR) is 72.9 cm³/mol. The zero-order chi connectivity index (χ0) is 12.0. The summed E-state index contributed by atoms with van der Waals surface area (Å²) in [7, 11) is 0. The Morgan fingerprint density at radius 1 is 1.44 bits per heavy atom. The fraction of sp³-hybridized carbons (Fsp3) is 0. The number of nitrogens with one attached hydrogen (secondary N) is 1. The number of pyridine rings is 1. The second-order valence-electron chi connectivity index (χ2n) is 2.50. The van der Waals surface area contributed by atoms with Crippen LogP contribution >= 0.6 is 40.4 Å². The normalized spacial score (nSPS) is 8.56. The van der Waals surface area contributed by atoms with Gasteiger partial charge in [0.05, 0.1) is 16.5 Å². The quantitative estimate of drug-likeness (QED) is 0.647. The number of isothiocyanates is 2. The maximum Gasteiger partial charge on any atom is 0.167 e. The summed E-state index contributed by atoms with van der Waals surface area (Å²) in [6.07, 6.45) is 3.54. The van der Waals surface area contributed by atoms with Gasteiger partial charge in [0.25, 0.3) is 0 Å². The number of imidazole rings is 1. The van der Waals surface area contributed by atoms with E-state index in [0.29, 0.717) is 5.82 Å². The fourth-order valence-corrected chi connectivity index (χ4v) is 1.50. The molecule has 0 bridgehead atoms. The van der Waals surface area contributed by atoms with Crippen LogP contribution in [0.1, 0.15) is 0 Å². The molecule has 0 amide bonds. The number of aliphatic imine (C=N–C) groups is 1. The van der Waals surface area contributed by atoms with Crippen LogP contribution < -0.4 is 0 Å². The molecule has 1 N–H and O–H groups in total. The summed E-state index contributed by atoms with van der Waals surface area (Å²) in [5, 5.41) is 9.67. The van der Waals surface area contributed by atoms with Crippen LogP contribution in [-0.2, 0) is 0 Å². The van der Waals surface area contributed by atoms with Crippen LogP contribution in [0, 0.1) is 5.41 Å². The molecule has 0 aliphatic carbocycles. The van der Waals surface area contributed by atoms with E-state index in [-0.39, 0.29) is 0 Å². The molecule has 0 fully saturated rings. The van der Waals surface area contributed by atoms with E-state index in [1.807, 2.05) is 22.7 Å². The predicted octanol–water partition coefficient (Wildman–Crippen LogP) is 3.50. The molecule has 0 spiro atoms. The lowest BCUT2D eigenvalue weighted by Gasteiger charge is -1.95. The van der Waals surface area contributed by atoms with Crippen LogP contribution in [-0.4, -0.2) is 19.7 Å². The zero-order valence-electron chi connectivity index (χ0n) is 7.85. The molecule has 80 valence electrons. The molecule has 2 heterocycles. The molecule has 4 nitrogen and oxygen atoms in total. The SMILES string of the molecule is N=C=S.S=C=Nc1cnc2ccc(Br)cn12. The van der Waals surface area contributed by atoms with Gasteiger partial charge in [-0.2, -0.15) is 4.99 Å². The van der Waals surface area contributed by atoms with Crippen LogP contribution in [0.2, 0.25) is 0 Å². The van der Waals surface area contributed by atoms with Gasteiger partial charge in [-0.25, -0.2) is 10.4 Å². The summed E-state index contributed by atoms with van der Waals surface area (Å²) in [5.41, 5.74) is 0.840. The largest absolute Gasteiger partial charge is 0.283 e. The number of aromatic nitrogens is 2. The summed E-state index contributed by atoms with van der Waals surface area (Å²) in [6.45, 7) is 0. The Kier molecular flexibility index (Phi) is 5.11. The van der Waals surface area contributed by atoms with Gasteiger partial charge in [-0.1, -0.05) is 0 Å². The molecule has 0 saturated heterocycles. The Morgan fingerprint density at radius 2 is 2.12 bits per heavy atom.